The predicted molar refractivity (Wildman–Crippen MR) is 41.5 cm³/mol. The number of hydrogen-bond acceptors (Lipinski definition) is 1. The molecule has 0 saturated carbocycles. The molecule has 1 nitrogen and oxygen atoms in total. The lowest BCUT2D eigenvalue weighted by molar-refractivity contribution is -0.103. The van der Waals surface area contributed by atoms with Gasteiger partial charge in [-0.3, -0.25) is 4.79 Å². The zero-order chi connectivity index (χ0) is 9.14. The standard InChI is InChI=1S/C9H6F2O/c1-6(5-12)8-3-2-7(10)4-9(8)11/h2-5H,1H2. The van der Waals surface area contributed by atoms with Gasteiger partial charge in [-0.2, -0.15) is 0 Å². The number of hydrogen-bond donors (Lipinski definition) is 0. The molecule has 1 aromatic carbocycles. The Labute approximate surface area is 68.3 Å². The molecule has 1 rings (SSSR count). The summed E-state index contributed by atoms with van der Waals surface area (Å²) < 4.78 is 25.2. The molecule has 0 fully saturated rings. The number of carbonyl (C=O) groups excluding carboxylic acids is 1. The third-order valence-corrected chi connectivity index (χ3v) is 1.42. The minimum Gasteiger partial charge on any atom is -0.298 e. The summed E-state index contributed by atoms with van der Waals surface area (Å²) >= 11 is 0. The van der Waals surface area contributed by atoms with Crippen molar-refractivity contribution in [1.29, 1.82) is 0 Å². The molecule has 3 heteroatoms. The van der Waals surface area contributed by atoms with E-state index < -0.39 is 11.6 Å². The Morgan fingerprint density at radius 1 is 1.42 bits per heavy atom. The molecule has 0 aliphatic rings. The van der Waals surface area contributed by atoms with E-state index in [1.807, 2.05) is 0 Å². The molecular formula is C9H6F2O. The van der Waals surface area contributed by atoms with Crippen LogP contribution >= 0.6 is 0 Å². The van der Waals surface area contributed by atoms with Crippen LogP contribution in [0.4, 0.5) is 8.78 Å². The summed E-state index contributed by atoms with van der Waals surface area (Å²) in [4.78, 5) is 10.2. The van der Waals surface area contributed by atoms with E-state index in [9.17, 15) is 13.6 Å². The van der Waals surface area contributed by atoms with Crippen LogP contribution in [0.15, 0.2) is 24.8 Å². The third kappa shape index (κ3) is 1.56. The highest BCUT2D eigenvalue weighted by atomic mass is 19.1. The third-order valence-electron chi connectivity index (χ3n) is 1.42. The van der Waals surface area contributed by atoms with Gasteiger partial charge in [0.25, 0.3) is 0 Å². The van der Waals surface area contributed by atoms with Crippen LogP contribution < -0.4 is 0 Å². The summed E-state index contributed by atoms with van der Waals surface area (Å²) in [6.45, 7) is 3.30. The minimum absolute atomic E-state index is 0.00694. The quantitative estimate of drug-likeness (QED) is 0.488. The topological polar surface area (TPSA) is 17.1 Å². The SMILES string of the molecule is C=C(C=O)c1ccc(F)cc1F. The molecule has 12 heavy (non-hydrogen) atoms. The summed E-state index contributed by atoms with van der Waals surface area (Å²) in [5.41, 5.74) is 0.0406. The second-order valence-electron chi connectivity index (χ2n) is 2.27. The van der Waals surface area contributed by atoms with E-state index in [-0.39, 0.29) is 11.1 Å². The van der Waals surface area contributed by atoms with E-state index in [1.54, 1.807) is 0 Å². The van der Waals surface area contributed by atoms with Crippen LogP contribution in [0.1, 0.15) is 5.56 Å². The Morgan fingerprint density at radius 3 is 2.58 bits per heavy atom. The molecule has 0 heterocycles. The molecular weight excluding hydrogens is 162 g/mol. The fourth-order valence-electron chi connectivity index (χ4n) is 0.813. The van der Waals surface area contributed by atoms with Gasteiger partial charge in [0.15, 0.2) is 0 Å². The maximum absolute atomic E-state index is 12.8. The molecule has 0 radical (unpaired) electrons. The van der Waals surface area contributed by atoms with Crippen LogP contribution in [0.2, 0.25) is 0 Å². The van der Waals surface area contributed by atoms with Gasteiger partial charge in [-0.15, -0.1) is 0 Å². The zero-order valence-electron chi connectivity index (χ0n) is 6.18. The second kappa shape index (κ2) is 3.26. The predicted octanol–water partition coefficient (Wildman–Crippen LogP) is 2.18. The molecule has 0 saturated heterocycles. The van der Waals surface area contributed by atoms with Gasteiger partial charge < -0.3 is 0 Å². The van der Waals surface area contributed by atoms with Gasteiger partial charge in [-0.05, 0) is 12.1 Å². The number of aldehydes is 1. The van der Waals surface area contributed by atoms with Gasteiger partial charge in [-0.1, -0.05) is 6.58 Å². The lowest BCUT2D eigenvalue weighted by Gasteiger charge is -1.99. The smallest absolute Gasteiger partial charge is 0.150 e. The Hall–Kier alpha value is -1.51. The van der Waals surface area contributed by atoms with E-state index in [4.69, 9.17) is 0 Å². The van der Waals surface area contributed by atoms with E-state index in [1.165, 1.54) is 6.07 Å². The van der Waals surface area contributed by atoms with Crippen molar-refractivity contribution < 1.29 is 13.6 Å². The molecule has 0 amide bonds. The van der Waals surface area contributed by atoms with E-state index in [0.717, 1.165) is 6.07 Å². The molecule has 0 bridgehead atoms. The van der Waals surface area contributed by atoms with Crippen molar-refractivity contribution in [1.82, 2.24) is 0 Å². The number of halogens is 2. The summed E-state index contributed by atoms with van der Waals surface area (Å²) in [7, 11) is 0. The Balaban J connectivity index is 3.18. The van der Waals surface area contributed by atoms with Crippen LogP contribution in [0.3, 0.4) is 0 Å². The van der Waals surface area contributed by atoms with Gasteiger partial charge >= 0.3 is 0 Å². The molecule has 0 spiro atoms. The number of allylic oxidation sites excluding steroid dienone is 1. The van der Waals surface area contributed by atoms with Crippen LogP contribution in [-0.4, -0.2) is 6.29 Å². The van der Waals surface area contributed by atoms with E-state index in [0.29, 0.717) is 12.4 Å². The number of rotatable bonds is 2. The summed E-state index contributed by atoms with van der Waals surface area (Å²) in [6.07, 6.45) is 0.427. The normalized spacial score (nSPS) is 9.50. The largest absolute Gasteiger partial charge is 0.298 e. The van der Waals surface area contributed by atoms with Crippen molar-refractivity contribution in [3.63, 3.8) is 0 Å². The second-order valence-corrected chi connectivity index (χ2v) is 2.27. The molecule has 0 atom stereocenters. The first-order valence-corrected chi connectivity index (χ1v) is 3.24. The lowest BCUT2D eigenvalue weighted by Crippen LogP contribution is -1.90. The first-order chi connectivity index (χ1) is 5.65. The minimum atomic E-state index is -0.771. The van der Waals surface area contributed by atoms with Crippen molar-refractivity contribution in [3.8, 4) is 0 Å². The summed E-state index contributed by atoms with van der Waals surface area (Å²) in [5.74, 6) is -1.44. The fourth-order valence-corrected chi connectivity index (χ4v) is 0.813. The van der Waals surface area contributed by atoms with Gasteiger partial charge in [0.1, 0.15) is 17.9 Å². The van der Waals surface area contributed by atoms with Gasteiger partial charge in [0, 0.05) is 17.2 Å². The fraction of sp³-hybridized carbons (Fsp3) is 0. The highest BCUT2D eigenvalue weighted by Crippen LogP contribution is 2.15. The van der Waals surface area contributed by atoms with Gasteiger partial charge in [0.05, 0.1) is 0 Å². The maximum atomic E-state index is 12.8. The van der Waals surface area contributed by atoms with Crippen molar-refractivity contribution in [2.24, 2.45) is 0 Å². The van der Waals surface area contributed by atoms with Gasteiger partial charge in [0.2, 0.25) is 0 Å². The molecule has 0 aliphatic heterocycles. The lowest BCUT2D eigenvalue weighted by atomic mass is 10.1. The molecule has 0 unspecified atom stereocenters. The van der Waals surface area contributed by atoms with Crippen LogP contribution in [0.5, 0.6) is 0 Å². The van der Waals surface area contributed by atoms with Crippen molar-refractivity contribution in [2.75, 3.05) is 0 Å². The average Bonchev–Trinajstić information content (AvgIpc) is 2.03. The van der Waals surface area contributed by atoms with Crippen LogP contribution in [-0.2, 0) is 4.79 Å². The number of benzene rings is 1. The average molecular weight is 168 g/mol. The van der Waals surface area contributed by atoms with Crippen molar-refractivity contribution in [3.05, 3.63) is 42.0 Å². The van der Waals surface area contributed by atoms with E-state index in [2.05, 4.69) is 6.58 Å². The molecule has 0 aromatic heterocycles. The number of carbonyl (C=O) groups is 1. The molecule has 1 aromatic rings. The van der Waals surface area contributed by atoms with Crippen molar-refractivity contribution in [2.45, 2.75) is 0 Å². The Bertz CT molecular complexity index is 331. The highest BCUT2D eigenvalue weighted by molar-refractivity contribution is 6.05. The van der Waals surface area contributed by atoms with Crippen LogP contribution in [0.25, 0.3) is 5.57 Å². The highest BCUT2D eigenvalue weighted by Gasteiger charge is 2.05. The molecule has 0 N–H and O–H groups in total. The Kier molecular flexibility index (Phi) is 2.33. The monoisotopic (exact) mass is 168 g/mol. The molecule has 0 aliphatic carbocycles. The first kappa shape index (κ1) is 8.59. The first-order valence-electron chi connectivity index (χ1n) is 3.24. The summed E-state index contributed by atoms with van der Waals surface area (Å²) in [6, 6.07) is 2.97. The van der Waals surface area contributed by atoms with Gasteiger partial charge in [-0.25, -0.2) is 8.78 Å². The Morgan fingerprint density at radius 2 is 2.08 bits per heavy atom. The summed E-state index contributed by atoms with van der Waals surface area (Å²) in [5, 5.41) is 0. The molecule has 62 valence electrons. The zero-order valence-corrected chi connectivity index (χ0v) is 6.18. The van der Waals surface area contributed by atoms with Crippen LogP contribution in [0, 0.1) is 11.6 Å². The van der Waals surface area contributed by atoms with Crippen molar-refractivity contribution >= 4 is 11.9 Å². The van der Waals surface area contributed by atoms with E-state index >= 15 is 0 Å². The maximum Gasteiger partial charge on any atom is 0.150 e.